The van der Waals surface area contributed by atoms with Crippen molar-refractivity contribution in [3.63, 3.8) is 0 Å². The molecule has 0 spiro atoms. The van der Waals surface area contributed by atoms with Gasteiger partial charge in [0.1, 0.15) is 16.4 Å². The number of fused-ring (bicyclic) bond motifs is 1. The Morgan fingerprint density at radius 1 is 0.744 bits per heavy atom. The summed E-state index contributed by atoms with van der Waals surface area (Å²) in [5.74, 6) is -0.115. The Hall–Kier alpha value is -3.49. The van der Waals surface area contributed by atoms with Crippen molar-refractivity contribution in [2.45, 2.75) is 77.7 Å². The average Bonchev–Trinajstić information content (AvgIpc) is 3.06. The van der Waals surface area contributed by atoms with E-state index in [1.165, 1.54) is 13.8 Å². The molecular weight excluding hydrogens is 516 g/mol. The van der Waals surface area contributed by atoms with Crippen LogP contribution in [0.4, 0.5) is 0 Å². The predicted molar refractivity (Wildman–Crippen MR) is 148 cm³/mol. The summed E-state index contributed by atoms with van der Waals surface area (Å²) in [7, 11) is -4.14. The van der Waals surface area contributed by atoms with Crippen molar-refractivity contribution >= 4 is 22.1 Å². The van der Waals surface area contributed by atoms with Gasteiger partial charge in [0, 0.05) is 19.4 Å². The summed E-state index contributed by atoms with van der Waals surface area (Å²) in [6.07, 6.45) is 0. The molecule has 0 aromatic heterocycles. The zero-order chi connectivity index (χ0) is 28.9. The van der Waals surface area contributed by atoms with Crippen LogP contribution in [0.25, 0.3) is 0 Å². The Kier molecular flexibility index (Phi) is 7.49. The standard InChI is InChI=1S/C31H34O7S/c1-17(2)23-15-26(19(5)13-28(23)36-21(7)32)31(25-11-9-10-12-30(25)39(34,35)38-31)27-16-24(18(3)4)29(14-20(27)6)37-22(8)33/h9-18H,1-8H3. The van der Waals surface area contributed by atoms with Crippen molar-refractivity contribution in [1.82, 2.24) is 0 Å². The lowest BCUT2D eigenvalue weighted by Gasteiger charge is -2.34. The predicted octanol–water partition coefficient (Wildman–Crippen LogP) is 6.41. The highest BCUT2D eigenvalue weighted by Crippen LogP contribution is 2.54. The Balaban J connectivity index is 2.16. The molecular formula is C31H34O7S. The summed E-state index contributed by atoms with van der Waals surface area (Å²) in [5.41, 5.74) is 3.07. The first-order valence-corrected chi connectivity index (χ1v) is 14.3. The smallest absolute Gasteiger partial charge is 0.308 e. The van der Waals surface area contributed by atoms with Gasteiger partial charge in [-0.05, 0) is 89.4 Å². The van der Waals surface area contributed by atoms with Crippen molar-refractivity contribution in [3.8, 4) is 11.5 Å². The summed E-state index contributed by atoms with van der Waals surface area (Å²) in [5, 5.41) is 0. The largest absolute Gasteiger partial charge is 0.426 e. The number of aryl methyl sites for hydroxylation is 2. The molecule has 0 radical (unpaired) electrons. The third kappa shape index (κ3) is 4.99. The molecule has 0 amide bonds. The summed E-state index contributed by atoms with van der Waals surface area (Å²) >= 11 is 0. The SMILES string of the molecule is CC(=O)Oc1cc(C)c(C2(c3cc(C(C)C)c(OC(C)=O)cc3C)OS(=O)(=O)c3ccccc32)cc1C(C)C. The summed E-state index contributed by atoms with van der Waals surface area (Å²) < 4.78 is 44.4. The van der Waals surface area contributed by atoms with E-state index in [0.29, 0.717) is 39.3 Å². The van der Waals surface area contributed by atoms with Crippen LogP contribution in [0.5, 0.6) is 11.5 Å². The first kappa shape index (κ1) is 28.5. The highest BCUT2D eigenvalue weighted by Gasteiger charge is 2.53. The fourth-order valence-corrected chi connectivity index (χ4v) is 6.71. The second kappa shape index (κ2) is 10.2. The number of benzene rings is 3. The molecule has 0 fully saturated rings. The molecule has 1 heterocycles. The third-order valence-electron chi connectivity index (χ3n) is 6.99. The Morgan fingerprint density at radius 3 is 1.59 bits per heavy atom. The Morgan fingerprint density at radius 2 is 1.18 bits per heavy atom. The van der Waals surface area contributed by atoms with E-state index in [2.05, 4.69) is 0 Å². The molecule has 3 aromatic carbocycles. The van der Waals surface area contributed by atoms with Gasteiger partial charge < -0.3 is 9.47 Å². The van der Waals surface area contributed by atoms with Crippen molar-refractivity contribution < 1.29 is 31.7 Å². The molecule has 4 rings (SSSR count). The van der Waals surface area contributed by atoms with Gasteiger partial charge in [-0.1, -0.05) is 45.9 Å². The molecule has 0 N–H and O–H groups in total. The fraction of sp³-hybridized carbons (Fsp3) is 0.355. The number of ether oxygens (including phenoxy) is 2. The summed E-state index contributed by atoms with van der Waals surface area (Å²) in [6, 6.07) is 14.0. The van der Waals surface area contributed by atoms with Crippen LogP contribution in [0, 0.1) is 13.8 Å². The third-order valence-corrected chi connectivity index (χ3v) is 8.36. The van der Waals surface area contributed by atoms with E-state index in [0.717, 1.165) is 11.1 Å². The van der Waals surface area contributed by atoms with Crippen LogP contribution in [-0.2, 0) is 29.5 Å². The van der Waals surface area contributed by atoms with E-state index >= 15 is 0 Å². The summed E-state index contributed by atoms with van der Waals surface area (Å²) in [4.78, 5) is 23.8. The lowest BCUT2D eigenvalue weighted by atomic mass is 9.75. The van der Waals surface area contributed by atoms with Crippen LogP contribution >= 0.6 is 0 Å². The maximum Gasteiger partial charge on any atom is 0.308 e. The van der Waals surface area contributed by atoms with Gasteiger partial charge in [-0.2, -0.15) is 8.42 Å². The highest BCUT2D eigenvalue weighted by molar-refractivity contribution is 7.87. The normalized spacial score (nSPS) is 15.3. The number of carbonyl (C=O) groups is 2. The van der Waals surface area contributed by atoms with Gasteiger partial charge >= 0.3 is 11.9 Å². The maximum atomic E-state index is 13.5. The first-order chi connectivity index (χ1) is 18.2. The van der Waals surface area contributed by atoms with E-state index in [1.54, 1.807) is 36.4 Å². The molecule has 7 nitrogen and oxygen atoms in total. The maximum absolute atomic E-state index is 13.5. The van der Waals surface area contributed by atoms with Crippen LogP contribution in [0.15, 0.2) is 53.4 Å². The van der Waals surface area contributed by atoms with Crippen molar-refractivity contribution in [2.24, 2.45) is 0 Å². The second-order valence-electron chi connectivity index (χ2n) is 10.6. The molecule has 3 aromatic rings. The van der Waals surface area contributed by atoms with Gasteiger partial charge in [0.25, 0.3) is 10.1 Å². The zero-order valence-corrected chi connectivity index (χ0v) is 24.4. The van der Waals surface area contributed by atoms with E-state index in [-0.39, 0.29) is 16.7 Å². The Bertz CT molecular complexity index is 1510. The minimum absolute atomic E-state index is 0.0392. The molecule has 39 heavy (non-hydrogen) atoms. The molecule has 0 saturated carbocycles. The number of rotatable bonds is 6. The fourth-order valence-electron chi connectivity index (χ4n) is 5.30. The average molecular weight is 551 g/mol. The summed E-state index contributed by atoms with van der Waals surface area (Å²) in [6.45, 7) is 14.3. The molecule has 0 bridgehead atoms. The van der Waals surface area contributed by atoms with Gasteiger partial charge in [-0.15, -0.1) is 0 Å². The van der Waals surface area contributed by atoms with Gasteiger partial charge in [0.15, 0.2) is 5.60 Å². The van der Waals surface area contributed by atoms with E-state index in [9.17, 15) is 18.0 Å². The van der Waals surface area contributed by atoms with Crippen LogP contribution in [0.1, 0.15) is 92.3 Å². The van der Waals surface area contributed by atoms with Crippen LogP contribution in [0.3, 0.4) is 0 Å². The van der Waals surface area contributed by atoms with Crippen LogP contribution in [-0.4, -0.2) is 20.4 Å². The van der Waals surface area contributed by atoms with Crippen LogP contribution in [0.2, 0.25) is 0 Å². The molecule has 1 aliphatic heterocycles. The van der Waals surface area contributed by atoms with E-state index in [4.69, 9.17) is 13.7 Å². The monoisotopic (exact) mass is 550 g/mol. The van der Waals surface area contributed by atoms with E-state index in [1.807, 2.05) is 53.7 Å². The number of hydrogen-bond acceptors (Lipinski definition) is 7. The molecule has 0 atom stereocenters. The van der Waals surface area contributed by atoms with Gasteiger partial charge in [0.2, 0.25) is 0 Å². The van der Waals surface area contributed by atoms with E-state index < -0.39 is 27.7 Å². The second-order valence-corrected chi connectivity index (χ2v) is 12.1. The number of hydrogen-bond donors (Lipinski definition) is 0. The first-order valence-electron chi connectivity index (χ1n) is 12.9. The molecule has 8 heteroatoms. The van der Waals surface area contributed by atoms with Gasteiger partial charge in [-0.25, -0.2) is 4.18 Å². The minimum atomic E-state index is -4.14. The molecule has 0 unspecified atom stereocenters. The highest BCUT2D eigenvalue weighted by atomic mass is 32.2. The minimum Gasteiger partial charge on any atom is -0.426 e. The lowest BCUT2D eigenvalue weighted by Crippen LogP contribution is -2.32. The van der Waals surface area contributed by atoms with Crippen molar-refractivity contribution in [3.05, 3.63) is 87.5 Å². The van der Waals surface area contributed by atoms with Crippen LogP contribution < -0.4 is 9.47 Å². The van der Waals surface area contributed by atoms with Gasteiger partial charge in [-0.3, -0.25) is 9.59 Å². The van der Waals surface area contributed by atoms with Crippen molar-refractivity contribution in [1.29, 1.82) is 0 Å². The Labute approximate surface area is 230 Å². The number of carbonyl (C=O) groups excluding carboxylic acids is 2. The topological polar surface area (TPSA) is 96.0 Å². The molecule has 0 aliphatic carbocycles. The molecule has 206 valence electrons. The number of esters is 2. The van der Waals surface area contributed by atoms with Crippen molar-refractivity contribution in [2.75, 3.05) is 0 Å². The quantitative estimate of drug-likeness (QED) is 0.199. The molecule has 0 saturated heterocycles. The van der Waals surface area contributed by atoms with Gasteiger partial charge in [0.05, 0.1) is 0 Å². The zero-order valence-electron chi connectivity index (χ0n) is 23.5. The molecule has 1 aliphatic rings. The lowest BCUT2D eigenvalue weighted by molar-refractivity contribution is -0.132.